The van der Waals surface area contributed by atoms with E-state index in [2.05, 4.69) is 15.4 Å². The van der Waals surface area contributed by atoms with Crippen molar-refractivity contribution in [1.29, 1.82) is 0 Å². The molecule has 1 amide bonds. The second-order valence-electron chi connectivity index (χ2n) is 7.10. The Bertz CT molecular complexity index is 1330. The third kappa shape index (κ3) is 4.85. The number of non-ortho nitro benzene ring substituents is 1. The standard InChI is InChI=1S/C24H21N5O5/c1-3-34-24-26-22(16-6-5-9-21(15-16)33-2)28(27-24)19-12-10-18(11-13-19)25-23(30)17-7-4-8-20(14-17)29(31)32/h4-15H,3H2,1-2H3,(H,25,30). The number of rotatable bonds is 8. The normalized spacial score (nSPS) is 10.5. The number of nitro benzene ring substituents is 1. The fourth-order valence-electron chi connectivity index (χ4n) is 3.26. The summed E-state index contributed by atoms with van der Waals surface area (Å²) in [5.41, 5.74) is 2.05. The molecule has 0 saturated carbocycles. The van der Waals surface area contributed by atoms with Crippen molar-refractivity contribution in [2.75, 3.05) is 19.0 Å². The van der Waals surface area contributed by atoms with Crippen LogP contribution in [0.4, 0.5) is 11.4 Å². The molecule has 10 nitrogen and oxygen atoms in total. The number of hydrogen-bond donors (Lipinski definition) is 1. The number of benzene rings is 3. The van der Waals surface area contributed by atoms with Gasteiger partial charge in [-0.3, -0.25) is 14.9 Å². The number of methoxy groups -OCH3 is 1. The Kier molecular flexibility index (Phi) is 6.49. The zero-order chi connectivity index (χ0) is 24.1. The molecule has 1 aromatic heterocycles. The van der Waals surface area contributed by atoms with Gasteiger partial charge in [0.2, 0.25) is 0 Å². The topological polar surface area (TPSA) is 121 Å². The summed E-state index contributed by atoms with van der Waals surface area (Å²) in [6, 6.07) is 20.2. The molecule has 1 N–H and O–H groups in total. The first-order chi connectivity index (χ1) is 16.5. The van der Waals surface area contributed by atoms with E-state index in [-0.39, 0.29) is 17.3 Å². The number of carbonyl (C=O) groups excluding carboxylic acids is 1. The molecule has 10 heteroatoms. The van der Waals surface area contributed by atoms with Gasteiger partial charge in [-0.05, 0) is 49.4 Å². The predicted octanol–water partition coefficient (Wildman–Crippen LogP) is 4.50. The number of nitrogens with one attached hydrogen (secondary N) is 1. The lowest BCUT2D eigenvalue weighted by atomic mass is 10.2. The minimum Gasteiger partial charge on any atom is -0.497 e. The molecule has 0 atom stereocenters. The van der Waals surface area contributed by atoms with Gasteiger partial charge in [-0.25, -0.2) is 4.68 Å². The van der Waals surface area contributed by atoms with E-state index in [1.54, 1.807) is 36.1 Å². The number of hydrogen-bond acceptors (Lipinski definition) is 7. The van der Waals surface area contributed by atoms with Crippen molar-refractivity contribution >= 4 is 17.3 Å². The van der Waals surface area contributed by atoms with Crippen LogP contribution in [0.1, 0.15) is 17.3 Å². The molecule has 172 valence electrons. The molecule has 0 bridgehead atoms. The van der Waals surface area contributed by atoms with Crippen LogP contribution in [0, 0.1) is 10.1 Å². The molecule has 3 aromatic carbocycles. The van der Waals surface area contributed by atoms with Crippen LogP contribution >= 0.6 is 0 Å². The third-order valence-corrected chi connectivity index (χ3v) is 4.88. The minimum atomic E-state index is -0.542. The monoisotopic (exact) mass is 459 g/mol. The predicted molar refractivity (Wildman–Crippen MR) is 126 cm³/mol. The maximum atomic E-state index is 12.5. The Balaban J connectivity index is 1.60. The SMILES string of the molecule is CCOc1nc(-c2cccc(OC)c2)n(-c2ccc(NC(=O)c3cccc([N+](=O)[O-])c3)cc2)n1. The van der Waals surface area contributed by atoms with Crippen molar-refractivity contribution in [2.45, 2.75) is 6.92 Å². The number of aromatic nitrogens is 3. The quantitative estimate of drug-likeness (QED) is 0.304. The summed E-state index contributed by atoms with van der Waals surface area (Å²) in [5, 5.41) is 18.2. The van der Waals surface area contributed by atoms with E-state index in [0.29, 0.717) is 29.6 Å². The Morgan fingerprint density at radius 1 is 1.09 bits per heavy atom. The van der Waals surface area contributed by atoms with Gasteiger partial charge in [-0.2, -0.15) is 4.98 Å². The molecule has 0 aliphatic rings. The maximum absolute atomic E-state index is 12.5. The van der Waals surface area contributed by atoms with Crippen LogP contribution in [0.2, 0.25) is 0 Å². The highest BCUT2D eigenvalue weighted by Gasteiger charge is 2.16. The Morgan fingerprint density at radius 3 is 2.56 bits per heavy atom. The van der Waals surface area contributed by atoms with E-state index in [4.69, 9.17) is 9.47 Å². The van der Waals surface area contributed by atoms with Crippen LogP contribution in [-0.2, 0) is 0 Å². The molecule has 4 rings (SSSR count). The average molecular weight is 459 g/mol. The number of ether oxygens (including phenoxy) is 2. The smallest absolute Gasteiger partial charge is 0.336 e. The highest BCUT2D eigenvalue weighted by Crippen LogP contribution is 2.27. The van der Waals surface area contributed by atoms with Crippen molar-refractivity contribution < 1.29 is 19.2 Å². The lowest BCUT2D eigenvalue weighted by Crippen LogP contribution is -2.12. The van der Waals surface area contributed by atoms with Gasteiger partial charge < -0.3 is 14.8 Å². The summed E-state index contributed by atoms with van der Waals surface area (Å²) in [5.74, 6) is 0.799. The summed E-state index contributed by atoms with van der Waals surface area (Å²) in [6.07, 6.45) is 0. The van der Waals surface area contributed by atoms with Gasteiger partial charge in [0.25, 0.3) is 11.6 Å². The summed E-state index contributed by atoms with van der Waals surface area (Å²) < 4.78 is 12.5. The van der Waals surface area contributed by atoms with Crippen LogP contribution in [0.5, 0.6) is 11.8 Å². The van der Waals surface area contributed by atoms with Gasteiger partial charge >= 0.3 is 6.01 Å². The lowest BCUT2D eigenvalue weighted by molar-refractivity contribution is -0.384. The van der Waals surface area contributed by atoms with Gasteiger partial charge in [-0.1, -0.05) is 18.2 Å². The van der Waals surface area contributed by atoms with Gasteiger partial charge in [0.15, 0.2) is 5.82 Å². The largest absolute Gasteiger partial charge is 0.497 e. The van der Waals surface area contributed by atoms with E-state index in [1.165, 1.54) is 24.3 Å². The first-order valence-corrected chi connectivity index (χ1v) is 10.4. The van der Waals surface area contributed by atoms with Gasteiger partial charge in [-0.15, -0.1) is 5.10 Å². The third-order valence-electron chi connectivity index (χ3n) is 4.88. The number of carbonyl (C=O) groups is 1. The van der Waals surface area contributed by atoms with Crippen LogP contribution in [-0.4, -0.2) is 39.3 Å². The molecule has 0 radical (unpaired) electrons. The molecule has 0 aliphatic heterocycles. The van der Waals surface area contributed by atoms with E-state index in [9.17, 15) is 14.9 Å². The summed E-state index contributed by atoms with van der Waals surface area (Å²) >= 11 is 0. The zero-order valence-electron chi connectivity index (χ0n) is 18.5. The second kappa shape index (κ2) is 9.82. The molecule has 0 unspecified atom stereocenters. The first kappa shape index (κ1) is 22.5. The fraction of sp³-hybridized carbons (Fsp3) is 0.125. The number of amides is 1. The average Bonchev–Trinajstić information content (AvgIpc) is 3.28. The van der Waals surface area contributed by atoms with Crippen molar-refractivity contribution in [3.8, 4) is 28.8 Å². The van der Waals surface area contributed by atoms with Gasteiger partial charge in [0.1, 0.15) is 5.75 Å². The Labute approximate surface area is 194 Å². The first-order valence-electron chi connectivity index (χ1n) is 10.4. The highest BCUT2D eigenvalue weighted by molar-refractivity contribution is 6.04. The molecule has 34 heavy (non-hydrogen) atoms. The number of nitrogens with zero attached hydrogens (tertiary/aromatic N) is 4. The number of anilines is 1. The van der Waals surface area contributed by atoms with Crippen molar-refractivity contribution in [3.05, 3.63) is 88.5 Å². The van der Waals surface area contributed by atoms with Crippen molar-refractivity contribution in [2.24, 2.45) is 0 Å². The highest BCUT2D eigenvalue weighted by atomic mass is 16.6. The van der Waals surface area contributed by atoms with Crippen LogP contribution in [0.25, 0.3) is 17.1 Å². The summed E-state index contributed by atoms with van der Waals surface area (Å²) in [6.45, 7) is 2.27. The van der Waals surface area contributed by atoms with E-state index in [1.807, 2.05) is 31.2 Å². The van der Waals surface area contributed by atoms with Crippen LogP contribution in [0.15, 0.2) is 72.8 Å². The molecular formula is C24H21N5O5. The maximum Gasteiger partial charge on any atom is 0.336 e. The molecule has 0 fully saturated rings. The molecule has 1 heterocycles. The molecule has 0 aliphatic carbocycles. The van der Waals surface area contributed by atoms with Crippen LogP contribution in [0.3, 0.4) is 0 Å². The Morgan fingerprint density at radius 2 is 1.85 bits per heavy atom. The summed E-state index contributed by atoms with van der Waals surface area (Å²) in [4.78, 5) is 27.5. The van der Waals surface area contributed by atoms with Gasteiger partial charge in [0, 0.05) is 28.9 Å². The molecular weight excluding hydrogens is 438 g/mol. The van der Waals surface area contributed by atoms with E-state index >= 15 is 0 Å². The summed E-state index contributed by atoms with van der Waals surface area (Å²) in [7, 11) is 1.59. The van der Waals surface area contributed by atoms with Crippen molar-refractivity contribution in [3.63, 3.8) is 0 Å². The Hall–Kier alpha value is -4.73. The fourth-order valence-corrected chi connectivity index (χ4v) is 3.26. The molecule has 0 spiro atoms. The van der Waals surface area contributed by atoms with E-state index < -0.39 is 10.8 Å². The lowest BCUT2D eigenvalue weighted by Gasteiger charge is -2.09. The minimum absolute atomic E-state index is 0.149. The van der Waals surface area contributed by atoms with E-state index in [0.717, 1.165) is 5.56 Å². The van der Waals surface area contributed by atoms with Gasteiger partial charge in [0.05, 0.1) is 24.3 Å². The second-order valence-corrected chi connectivity index (χ2v) is 7.10. The number of nitro groups is 1. The zero-order valence-corrected chi connectivity index (χ0v) is 18.5. The molecule has 4 aromatic rings. The molecule has 0 saturated heterocycles. The van der Waals surface area contributed by atoms with Crippen molar-refractivity contribution in [1.82, 2.24) is 14.8 Å². The van der Waals surface area contributed by atoms with Crippen LogP contribution < -0.4 is 14.8 Å².